The number of carbonyl (C=O) groups is 1. The van der Waals surface area contributed by atoms with Crippen LogP contribution in [0.25, 0.3) is 11.3 Å². The number of aldehydes is 1. The van der Waals surface area contributed by atoms with Crippen LogP contribution in [0.5, 0.6) is 0 Å². The number of rotatable bonds is 3. The number of benzene rings is 1. The molecule has 0 aliphatic rings. The van der Waals surface area contributed by atoms with Gasteiger partial charge in [0, 0.05) is 14.5 Å². The monoisotopic (exact) mass is 356 g/mol. The van der Waals surface area contributed by atoms with Gasteiger partial charge in [0.25, 0.3) is 0 Å². The maximum absolute atomic E-state index is 10.6. The van der Waals surface area contributed by atoms with E-state index in [1.165, 1.54) is 0 Å². The third-order valence-corrected chi connectivity index (χ3v) is 3.59. The number of aryl methyl sites for hydroxylation is 1. The minimum atomic E-state index is 0.344. The smallest absolute Gasteiger partial charge is 0.185 e. The Morgan fingerprint density at radius 2 is 2.06 bits per heavy atom. The quantitative estimate of drug-likeness (QED) is 0.735. The van der Waals surface area contributed by atoms with E-state index in [0.717, 1.165) is 26.5 Å². The molecule has 0 radical (unpaired) electrons. The SMILES string of the molecule is CCc1cc(Br)cc(Br)c1-c1ccc(C=O)o1. The van der Waals surface area contributed by atoms with Crippen molar-refractivity contribution < 1.29 is 9.21 Å². The second kappa shape index (κ2) is 5.19. The van der Waals surface area contributed by atoms with Gasteiger partial charge in [0.05, 0.1) is 0 Å². The van der Waals surface area contributed by atoms with Gasteiger partial charge >= 0.3 is 0 Å². The number of hydrogen-bond acceptors (Lipinski definition) is 2. The molecule has 0 N–H and O–H groups in total. The van der Waals surface area contributed by atoms with Crippen molar-refractivity contribution in [2.75, 3.05) is 0 Å². The molecule has 0 bridgehead atoms. The Morgan fingerprint density at radius 1 is 1.29 bits per heavy atom. The molecule has 0 amide bonds. The van der Waals surface area contributed by atoms with Crippen LogP contribution in [0.3, 0.4) is 0 Å². The average Bonchev–Trinajstić information content (AvgIpc) is 2.76. The minimum Gasteiger partial charge on any atom is -0.453 e. The summed E-state index contributed by atoms with van der Waals surface area (Å²) in [6, 6.07) is 7.52. The zero-order valence-electron chi connectivity index (χ0n) is 9.17. The fourth-order valence-electron chi connectivity index (χ4n) is 1.73. The third-order valence-electron chi connectivity index (χ3n) is 2.51. The summed E-state index contributed by atoms with van der Waals surface area (Å²) in [5.41, 5.74) is 2.17. The molecule has 2 aromatic rings. The van der Waals surface area contributed by atoms with Crippen LogP contribution in [-0.4, -0.2) is 6.29 Å². The van der Waals surface area contributed by atoms with Crippen LogP contribution in [0.4, 0.5) is 0 Å². The lowest BCUT2D eigenvalue weighted by atomic mass is 10.0. The first-order valence-electron chi connectivity index (χ1n) is 5.19. The fraction of sp³-hybridized carbons (Fsp3) is 0.154. The van der Waals surface area contributed by atoms with Crippen molar-refractivity contribution in [1.82, 2.24) is 0 Å². The van der Waals surface area contributed by atoms with Crippen molar-refractivity contribution in [2.24, 2.45) is 0 Å². The Bertz CT molecular complexity index is 559. The van der Waals surface area contributed by atoms with Gasteiger partial charge in [0.2, 0.25) is 0 Å². The molecule has 1 aromatic heterocycles. The van der Waals surface area contributed by atoms with Gasteiger partial charge in [-0.3, -0.25) is 4.79 Å². The van der Waals surface area contributed by atoms with Crippen molar-refractivity contribution in [2.45, 2.75) is 13.3 Å². The highest BCUT2D eigenvalue weighted by Gasteiger charge is 2.13. The van der Waals surface area contributed by atoms with Crippen molar-refractivity contribution in [3.8, 4) is 11.3 Å². The van der Waals surface area contributed by atoms with Gasteiger partial charge in [-0.15, -0.1) is 0 Å². The Labute approximate surface area is 116 Å². The van der Waals surface area contributed by atoms with E-state index in [0.29, 0.717) is 17.8 Å². The second-order valence-corrected chi connectivity index (χ2v) is 5.37. The summed E-state index contributed by atoms with van der Waals surface area (Å²) < 4.78 is 7.44. The zero-order valence-corrected chi connectivity index (χ0v) is 12.3. The average molecular weight is 358 g/mol. The number of halogens is 2. The predicted octanol–water partition coefficient (Wildman–Crippen LogP) is 4.85. The van der Waals surface area contributed by atoms with Crippen molar-refractivity contribution in [3.05, 3.63) is 44.5 Å². The predicted molar refractivity (Wildman–Crippen MR) is 74.3 cm³/mol. The number of hydrogen-bond donors (Lipinski definition) is 0. The summed E-state index contributed by atoms with van der Waals surface area (Å²) in [6.07, 6.45) is 1.60. The number of furan rings is 1. The topological polar surface area (TPSA) is 30.2 Å². The van der Waals surface area contributed by atoms with E-state index in [1.807, 2.05) is 12.1 Å². The first-order chi connectivity index (χ1) is 8.15. The molecule has 0 unspecified atom stereocenters. The summed E-state index contributed by atoms with van der Waals surface area (Å²) >= 11 is 6.99. The van der Waals surface area contributed by atoms with Crippen LogP contribution < -0.4 is 0 Å². The Kier molecular flexibility index (Phi) is 3.84. The zero-order chi connectivity index (χ0) is 12.4. The summed E-state index contributed by atoms with van der Waals surface area (Å²) in [4.78, 5) is 10.6. The standard InChI is InChI=1S/C13H10Br2O2/c1-2-8-5-9(14)6-11(15)13(8)12-4-3-10(7-16)17-12/h3-7H,2H2,1H3. The Balaban J connectivity index is 2.61. The molecular weight excluding hydrogens is 348 g/mol. The second-order valence-electron chi connectivity index (χ2n) is 3.60. The summed E-state index contributed by atoms with van der Waals surface area (Å²) in [5.74, 6) is 1.06. The first kappa shape index (κ1) is 12.6. The molecule has 0 aliphatic heterocycles. The van der Waals surface area contributed by atoms with Crippen molar-refractivity contribution >= 4 is 38.1 Å². The molecule has 17 heavy (non-hydrogen) atoms. The molecule has 4 heteroatoms. The highest BCUT2D eigenvalue weighted by atomic mass is 79.9. The normalized spacial score (nSPS) is 10.5. The summed E-state index contributed by atoms with van der Waals surface area (Å²) in [5, 5.41) is 0. The van der Waals surface area contributed by atoms with Crippen LogP contribution >= 0.6 is 31.9 Å². The third kappa shape index (κ3) is 2.53. The van der Waals surface area contributed by atoms with Gasteiger partial charge in [-0.2, -0.15) is 0 Å². The van der Waals surface area contributed by atoms with E-state index in [1.54, 1.807) is 6.07 Å². The van der Waals surface area contributed by atoms with Gasteiger partial charge in [0.15, 0.2) is 12.0 Å². The molecular formula is C13H10Br2O2. The van der Waals surface area contributed by atoms with E-state index in [9.17, 15) is 4.79 Å². The molecule has 0 saturated heterocycles. The van der Waals surface area contributed by atoms with Crippen LogP contribution in [0, 0.1) is 0 Å². The van der Waals surface area contributed by atoms with Gasteiger partial charge in [0.1, 0.15) is 5.76 Å². The van der Waals surface area contributed by atoms with Crippen molar-refractivity contribution in [1.29, 1.82) is 0 Å². The van der Waals surface area contributed by atoms with Gasteiger partial charge in [-0.05, 0) is 52.2 Å². The molecule has 0 atom stereocenters. The van der Waals surface area contributed by atoms with Crippen LogP contribution in [0.15, 0.2) is 37.6 Å². The summed E-state index contributed by atoms with van der Waals surface area (Å²) in [6.45, 7) is 2.08. The highest BCUT2D eigenvalue weighted by molar-refractivity contribution is 9.11. The first-order valence-corrected chi connectivity index (χ1v) is 6.77. The largest absolute Gasteiger partial charge is 0.453 e. The van der Waals surface area contributed by atoms with Gasteiger partial charge < -0.3 is 4.42 Å². The molecule has 0 spiro atoms. The molecule has 1 heterocycles. The maximum Gasteiger partial charge on any atom is 0.185 e. The van der Waals surface area contributed by atoms with Crippen LogP contribution in [-0.2, 0) is 6.42 Å². The summed E-state index contributed by atoms with van der Waals surface area (Å²) in [7, 11) is 0. The van der Waals surface area contributed by atoms with Gasteiger partial charge in [-0.1, -0.05) is 22.9 Å². The molecule has 2 rings (SSSR count). The van der Waals surface area contributed by atoms with E-state index in [2.05, 4.69) is 44.8 Å². The van der Waals surface area contributed by atoms with Gasteiger partial charge in [-0.25, -0.2) is 0 Å². The lowest BCUT2D eigenvalue weighted by molar-refractivity contribution is 0.110. The highest BCUT2D eigenvalue weighted by Crippen LogP contribution is 2.35. The van der Waals surface area contributed by atoms with Crippen LogP contribution in [0.1, 0.15) is 23.0 Å². The van der Waals surface area contributed by atoms with E-state index in [-0.39, 0.29) is 0 Å². The maximum atomic E-state index is 10.6. The van der Waals surface area contributed by atoms with E-state index >= 15 is 0 Å². The Morgan fingerprint density at radius 3 is 2.65 bits per heavy atom. The fourth-order valence-corrected chi connectivity index (χ4v) is 3.24. The van der Waals surface area contributed by atoms with Crippen LogP contribution in [0.2, 0.25) is 0 Å². The molecule has 88 valence electrons. The lowest BCUT2D eigenvalue weighted by Crippen LogP contribution is -1.88. The lowest BCUT2D eigenvalue weighted by Gasteiger charge is -2.08. The van der Waals surface area contributed by atoms with E-state index in [4.69, 9.17) is 4.42 Å². The molecule has 1 aromatic carbocycles. The van der Waals surface area contributed by atoms with Crippen molar-refractivity contribution in [3.63, 3.8) is 0 Å². The number of carbonyl (C=O) groups excluding carboxylic acids is 1. The molecule has 0 aliphatic carbocycles. The molecule has 0 fully saturated rings. The molecule has 0 saturated carbocycles. The Hall–Kier alpha value is -0.870. The minimum absolute atomic E-state index is 0.344. The van der Waals surface area contributed by atoms with E-state index < -0.39 is 0 Å². The molecule has 2 nitrogen and oxygen atoms in total.